The van der Waals surface area contributed by atoms with Crippen LogP contribution in [-0.4, -0.2) is 46.3 Å². The van der Waals surface area contributed by atoms with Crippen molar-refractivity contribution in [1.82, 2.24) is 0 Å². The van der Waals surface area contributed by atoms with Crippen LogP contribution in [0.5, 0.6) is 11.5 Å². The number of benzene rings is 2. The van der Waals surface area contributed by atoms with E-state index in [4.69, 9.17) is 14.2 Å². The fourth-order valence-corrected chi connectivity index (χ4v) is 2.42. The van der Waals surface area contributed by atoms with Gasteiger partial charge in [0, 0.05) is 17.4 Å². The number of hydrogen-bond donors (Lipinski definition) is 0. The van der Waals surface area contributed by atoms with Crippen LogP contribution < -0.4 is 9.47 Å². The molecular formula is C24H20O8. The van der Waals surface area contributed by atoms with Crippen molar-refractivity contribution >= 4 is 17.9 Å². The van der Waals surface area contributed by atoms with E-state index in [1.165, 1.54) is 38.5 Å². The molecule has 8 heteroatoms. The molecule has 0 aromatic heterocycles. The molecule has 0 saturated carbocycles. The lowest BCUT2D eigenvalue weighted by atomic mass is 9.94. The number of rotatable bonds is 5. The maximum atomic E-state index is 12.9. The molecule has 2 aromatic carbocycles. The summed E-state index contributed by atoms with van der Waals surface area (Å²) in [6.07, 6.45) is 0. The molecule has 2 rings (SSSR count). The van der Waals surface area contributed by atoms with Crippen molar-refractivity contribution in [2.24, 2.45) is 0 Å². The molecule has 0 saturated heterocycles. The van der Waals surface area contributed by atoms with Crippen LogP contribution in [0.15, 0.2) is 48.5 Å². The lowest BCUT2D eigenvalue weighted by Gasteiger charge is -2.24. The Morgan fingerprint density at radius 2 is 1.12 bits per heavy atom. The van der Waals surface area contributed by atoms with E-state index in [1.807, 2.05) is 0 Å². The van der Waals surface area contributed by atoms with Crippen molar-refractivity contribution in [2.45, 2.75) is 5.60 Å². The summed E-state index contributed by atoms with van der Waals surface area (Å²) in [6, 6.07) is 12.4. The standard InChI is InChI=1S/C24H20O8/c1-28-19-9-5-17(6-10-19)23(27)32-24(15-13-21(25)30-3,16-14-22(26)31-4)18-7-11-20(29-2)12-8-18/h5-12H,1-4H3. The van der Waals surface area contributed by atoms with Crippen molar-refractivity contribution in [2.75, 3.05) is 28.4 Å². The lowest BCUT2D eigenvalue weighted by Crippen LogP contribution is -2.30. The van der Waals surface area contributed by atoms with E-state index in [-0.39, 0.29) is 11.1 Å². The molecule has 0 unspecified atom stereocenters. The summed E-state index contributed by atoms with van der Waals surface area (Å²) in [5.74, 6) is 7.98. The SMILES string of the molecule is COC(=O)C#CC(C#CC(=O)OC)(OC(=O)c1ccc(OC)cc1)c1ccc(OC)cc1. The Morgan fingerprint density at radius 1 is 0.688 bits per heavy atom. The minimum Gasteiger partial charge on any atom is -0.497 e. The molecule has 0 heterocycles. The van der Waals surface area contributed by atoms with Crippen LogP contribution in [-0.2, 0) is 29.4 Å². The molecule has 32 heavy (non-hydrogen) atoms. The number of hydrogen-bond acceptors (Lipinski definition) is 8. The van der Waals surface area contributed by atoms with Crippen LogP contribution >= 0.6 is 0 Å². The van der Waals surface area contributed by atoms with Gasteiger partial charge in [0.1, 0.15) is 11.5 Å². The predicted octanol–water partition coefficient (Wildman–Crippen LogP) is 2.11. The van der Waals surface area contributed by atoms with E-state index >= 15 is 0 Å². The summed E-state index contributed by atoms with van der Waals surface area (Å²) in [5.41, 5.74) is -1.55. The molecule has 0 aliphatic heterocycles. The molecule has 0 aliphatic rings. The van der Waals surface area contributed by atoms with Gasteiger partial charge >= 0.3 is 17.9 Å². The van der Waals surface area contributed by atoms with E-state index in [1.54, 1.807) is 24.3 Å². The van der Waals surface area contributed by atoms with Crippen molar-refractivity contribution < 1.29 is 38.1 Å². The second-order valence-corrected chi connectivity index (χ2v) is 6.01. The zero-order valence-electron chi connectivity index (χ0n) is 17.9. The van der Waals surface area contributed by atoms with Gasteiger partial charge in [0.05, 0.1) is 34.0 Å². The Labute approximate surface area is 185 Å². The van der Waals surface area contributed by atoms with Gasteiger partial charge < -0.3 is 23.7 Å². The third kappa shape index (κ3) is 6.04. The number of methoxy groups -OCH3 is 4. The monoisotopic (exact) mass is 436 g/mol. The highest BCUT2D eigenvalue weighted by atomic mass is 16.6. The molecule has 0 atom stereocenters. The summed E-state index contributed by atoms with van der Waals surface area (Å²) in [4.78, 5) is 36.3. The fourth-order valence-electron chi connectivity index (χ4n) is 2.42. The fraction of sp³-hybridized carbons (Fsp3) is 0.208. The summed E-state index contributed by atoms with van der Waals surface area (Å²) in [6.45, 7) is 0. The molecule has 2 aromatic rings. The van der Waals surface area contributed by atoms with Gasteiger partial charge in [0.25, 0.3) is 5.60 Å². The average molecular weight is 436 g/mol. The van der Waals surface area contributed by atoms with Gasteiger partial charge in [-0.15, -0.1) is 0 Å². The molecule has 8 nitrogen and oxygen atoms in total. The summed E-state index contributed by atoms with van der Waals surface area (Å²) in [5, 5.41) is 0. The number of carbonyl (C=O) groups is 3. The Hall–Kier alpha value is -4.43. The first-order valence-corrected chi connectivity index (χ1v) is 9.11. The second kappa shape index (κ2) is 11.1. The normalized spacial score (nSPS) is 9.75. The van der Waals surface area contributed by atoms with Gasteiger partial charge in [-0.2, -0.15) is 0 Å². The predicted molar refractivity (Wildman–Crippen MR) is 113 cm³/mol. The highest BCUT2D eigenvalue weighted by Crippen LogP contribution is 2.28. The van der Waals surface area contributed by atoms with Gasteiger partial charge in [-0.1, -0.05) is 0 Å². The lowest BCUT2D eigenvalue weighted by molar-refractivity contribution is -0.134. The molecule has 0 N–H and O–H groups in total. The molecule has 164 valence electrons. The van der Waals surface area contributed by atoms with Crippen molar-refractivity contribution in [3.05, 3.63) is 59.7 Å². The molecule has 0 bridgehead atoms. The zero-order valence-corrected chi connectivity index (χ0v) is 17.9. The number of esters is 3. The molecule has 0 radical (unpaired) electrons. The highest BCUT2D eigenvalue weighted by Gasteiger charge is 2.34. The quantitative estimate of drug-likeness (QED) is 0.304. The van der Waals surface area contributed by atoms with Crippen molar-refractivity contribution in [3.8, 4) is 35.2 Å². The first kappa shape index (κ1) is 23.8. The molecule has 0 spiro atoms. The minimum atomic E-state index is -1.99. The first-order valence-electron chi connectivity index (χ1n) is 9.11. The first-order chi connectivity index (χ1) is 15.4. The summed E-state index contributed by atoms with van der Waals surface area (Å²) < 4.78 is 25.0. The second-order valence-electron chi connectivity index (χ2n) is 6.01. The van der Waals surface area contributed by atoms with E-state index in [9.17, 15) is 14.4 Å². The van der Waals surface area contributed by atoms with E-state index in [0.717, 1.165) is 14.2 Å². The Bertz CT molecular complexity index is 1060. The van der Waals surface area contributed by atoms with Crippen LogP contribution in [0.3, 0.4) is 0 Å². The Morgan fingerprint density at radius 3 is 1.53 bits per heavy atom. The van der Waals surface area contributed by atoms with E-state index in [2.05, 4.69) is 33.2 Å². The molecule has 0 fully saturated rings. The van der Waals surface area contributed by atoms with Crippen LogP contribution in [0.1, 0.15) is 15.9 Å². The van der Waals surface area contributed by atoms with Gasteiger partial charge in [-0.05, 0) is 60.4 Å². The van der Waals surface area contributed by atoms with E-state index in [0.29, 0.717) is 11.5 Å². The van der Waals surface area contributed by atoms with Crippen molar-refractivity contribution in [3.63, 3.8) is 0 Å². The highest BCUT2D eigenvalue weighted by molar-refractivity contribution is 5.93. The van der Waals surface area contributed by atoms with Crippen LogP contribution in [0.4, 0.5) is 0 Å². The molecular weight excluding hydrogens is 416 g/mol. The third-order valence-corrected chi connectivity index (χ3v) is 4.12. The van der Waals surface area contributed by atoms with Gasteiger partial charge in [0.2, 0.25) is 0 Å². The third-order valence-electron chi connectivity index (χ3n) is 4.12. The molecule has 0 aliphatic carbocycles. The zero-order chi connectivity index (χ0) is 23.6. The van der Waals surface area contributed by atoms with E-state index < -0.39 is 23.5 Å². The van der Waals surface area contributed by atoms with Gasteiger partial charge in [-0.25, -0.2) is 14.4 Å². The smallest absolute Gasteiger partial charge is 0.384 e. The van der Waals surface area contributed by atoms with Crippen LogP contribution in [0.2, 0.25) is 0 Å². The van der Waals surface area contributed by atoms with Gasteiger partial charge in [-0.3, -0.25) is 0 Å². The largest absolute Gasteiger partial charge is 0.497 e. The maximum absolute atomic E-state index is 12.9. The van der Waals surface area contributed by atoms with Crippen molar-refractivity contribution in [1.29, 1.82) is 0 Å². The minimum absolute atomic E-state index is 0.170. The Balaban J connectivity index is 2.63. The molecule has 0 amide bonds. The maximum Gasteiger partial charge on any atom is 0.384 e. The van der Waals surface area contributed by atoms with Crippen LogP contribution in [0.25, 0.3) is 0 Å². The average Bonchev–Trinajstić information content (AvgIpc) is 2.85. The number of carbonyl (C=O) groups excluding carboxylic acids is 3. The summed E-state index contributed by atoms with van der Waals surface area (Å²) >= 11 is 0. The van der Waals surface area contributed by atoms with Gasteiger partial charge in [0.15, 0.2) is 0 Å². The number of ether oxygens (including phenoxy) is 5. The summed E-state index contributed by atoms with van der Waals surface area (Å²) in [7, 11) is 5.28. The Kier molecular flexibility index (Phi) is 8.27. The van der Waals surface area contributed by atoms with Crippen LogP contribution in [0, 0.1) is 23.7 Å². The topological polar surface area (TPSA) is 97.4 Å².